The number of anilines is 2. The number of piperidine rings is 1. The van der Waals surface area contributed by atoms with Crippen LogP contribution >= 0.6 is 0 Å². The number of benzene rings is 1. The summed E-state index contributed by atoms with van der Waals surface area (Å²) in [7, 11) is -3.95. The van der Waals surface area contributed by atoms with Crippen molar-refractivity contribution in [2.45, 2.75) is 69.9 Å². The zero-order chi connectivity index (χ0) is 31.9. The average molecular weight is 640 g/mol. The molecule has 4 heterocycles. The topological polar surface area (TPSA) is 108 Å². The number of rotatable bonds is 5. The van der Waals surface area contributed by atoms with Crippen LogP contribution in [0.2, 0.25) is 0 Å². The van der Waals surface area contributed by atoms with Gasteiger partial charge in [-0.1, -0.05) is 37.8 Å². The van der Waals surface area contributed by atoms with Gasteiger partial charge in [0, 0.05) is 38.3 Å². The van der Waals surface area contributed by atoms with Crippen molar-refractivity contribution in [1.82, 2.24) is 14.9 Å². The van der Waals surface area contributed by atoms with E-state index in [0.717, 1.165) is 19.0 Å². The average Bonchev–Trinajstić information content (AvgIpc) is 2.98. The standard InChI is InChI=1S/C31H44F3N5O4S/c1-4-19-44(41,42)30(40)39-14-8-18-43-17-7-13-38-15-11-23(12-16-38)20-31(33,34)26-10-6-9-25(27(26)32)22(3)37-28-24(5-2)29(39)36-21-35-28/h5-6,9-10,21-23,30,40H,2,4,7-8,11-20H2,1,3H3,(H,35,36,37)/t22-,30?/m1/s1. The summed E-state index contributed by atoms with van der Waals surface area (Å²) in [6, 6.07) is 3.23. The monoisotopic (exact) mass is 639 g/mol. The first-order chi connectivity index (χ1) is 21.0. The first-order valence-electron chi connectivity index (χ1n) is 15.4. The van der Waals surface area contributed by atoms with Crippen LogP contribution in [0.1, 0.15) is 75.1 Å². The van der Waals surface area contributed by atoms with Gasteiger partial charge in [0.05, 0.1) is 22.9 Å². The maximum Gasteiger partial charge on any atom is 0.276 e. The Bertz CT molecular complexity index is 1370. The summed E-state index contributed by atoms with van der Waals surface area (Å²) in [5, 5.41) is 14.2. The van der Waals surface area contributed by atoms with E-state index < -0.39 is 45.2 Å². The summed E-state index contributed by atoms with van der Waals surface area (Å²) in [4.78, 5) is 12.1. The van der Waals surface area contributed by atoms with Gasteiger partial charge in [0.2, 0.25) is 5.56 Å². The number of alkyl halides is 2. The second-order valence-electron chi connectivity index (χ2n) is 11.6. The van der Waals surface area contributed by atoms with Gasteiger partial charge in [0.1, 0.15) is 23.8 Å². The molecule has 1 saturated heterocycles. The molecule has 1 unspecified atom stereocenters. The maximum atomic E-state index is 15.8. The number of nitrogens with zero attached hydrogens (tertiary/aromatic N) is 4. The zero-order valence-electron chi connectivity index (χ0n) is 25.5. The van der Waals surface area contributed by atoms with E-state index in [-0.39, 0.29) is 41.0 Å². The molecule has 1 aromatic heterocycles. The Morgan fingerprint density at radius 2 is 1.89 bits per heavy atom. The summed E-state index contributed by atoms with van der Waals surface area (Å²) in [5.41, 5.74) is -2.20. The van der Waals surface area contributed by atoms with Crippen LogP contribution in [-0.4, -0.2) is 79.1 Å². The van der Waals surface area contributed by atoms with Crippen LogP contribution < -0.4 is 10.2 Å². The Labute approximate surface area is 258 Å². The molecule has 1 fully saturated rings. The minimum absolute atomic E-state index is 0.0360. The summed E-state index contributed by atoms with van der Waals surface area (Å²) in [5.74, 6) is -4.45. The van der Waals surface area contributed by atoms with Gasteiger partial charge in [-0.2, -0.15) is 0 Å². The predicted molar refractivity (Wildman–Crippen MR) is 166 cm³/mol. The van der Waals surface area contributed by atoms with Gasteiger partial charge < -0.3 is 25.0 Å². The van der Waals surface area contributed by atoms with Crippen molar-refractivity contribution in [2.75, 3.05) is 55.4 Å². The van der Waals surface area contributed by atoms with E-state index in [1.54, 1.807) is 13.8 Å². The SMILES string of the molecule is C=Cc1c2ncnc1N(C(O)S(=O)(=O)CCC)CCCOCCCN1CCC(CC1)CC(F)(F)c1cccc(c1F)[C@@H](C)N2. The van der Waals surface area contributed by atoms with Crippen molar-refractivity contribution in [3.8, 4) is 0 Å². The Hall–Kier alpha value is -2.74. The van der Waals surface area contributed by atoms with Crippen LogP contribution in [0.3, 0.4) is 0 Å². The lowest BCUT2D eigenvalue weighted by Gasteiger charge is -2.34. The van der Waals surface area contributed by atoms with E-state index in [0.29, 0.717) is 52.0 Å². The van der Waals surface area contributed by atoms with Crippen molar-refractivity contribution < 1.29 is 31.4 Å². The van der Waals surface area contributed by atoms with Crippen LogP contribution in [0.4, 0.5) is 24.8 Å². The number of aromatic nitrogens is 2. The van der Waals surface area contributed by atoms with Crippen LogP contribution in [-0.2, 0) is 20.5 Å². The Morgan fingerprint density at radius 1 is 1.18 bits per heavy atom. The van der Waals surface area contributed by atoms with Crippen LogP contribution in [0.5, 0.6) is 0 Å². The van der Waals surface area contributed by atoms with Crippen molar-refractivity contribution in [3.63, 3.8) is 0 Å². The molecule has 2 atom stereocenters. The van der Waals surface area contributed by atoms with Crippen LogP contribution in [0.15, 0.2) is 31.1 Å². The smallest absolute Gasteiger partial charge is 0.276 e. The number of nitrogens with one attached hydrogen (secondary N) is 1. The summed E-state index contributed by atoms with van der Waals surface area (Å²) in [6.45, 7) is 10.3. The molecule has 0 amide bonds. The molecule has 244 valence electrons. The molecule has 13 heteroatoms. The molecule has 9 nitrogen and oxygen atoms in total. The number of ether oxygens (including phenoxy) is 1. The second kappa shape index (κ2) is 15.0. The molecule has 3 aliphatic rings. The minimum atomic E-state index is -3.95. The highest BCUT2D eigenvalue weighted by atomic mass is 32.2. The highest BCUT2D eigenvalue weighted by Crippen LogP contribution is 2.41. The van der Waals surface area contributed by atoms with Gasteiger partial charge in [0.25, 0.3) is 5.92 Å². The van der Waals surface area contributed by atoms with E-state index in [4.69, 9.17) is 4.74 Å². The number of aliphatic hydroxyl groups excluding tert-OH is 1. The molecular formula is C31H44F3N5O4S. The molecule has 6 bridgehead atoms. The van der Waals surface area contributed by atoms with E-state index in [1.807, 2.05) is 0 Å². The molecule has 2 aromatic rings. The molecule has 0 aliphatic carbocycles. The lowest BCUT2D eigenvalue weighted by atomic mass is 9.87. The van der Waals surface area contributed by atoms with E-state index in [1.165, 1.54) is 29.4 Å². The summed E-state index contributed by atoms with van der Waals surface area (Å²) >= 11 is 0. The van der Waals surface area contributed by atoms with Crippen LogP contribution in [0, 0.1) is 11.7 Å². The molecule has 2 N–H and O–H groups in total. The van der Waals surface area contributed by atoms with Crippen molar-refractivity contribution >= 4 is 27.5 Å². The first kappa shape index (κ1) is 34.1. The van der Waals surface area contributed by atoms with Crippen molar-refractivity contribution in [2.24, 2.45) is 5.92 Å². The summed E-state index contributed by atoms with van der Waals surface area (Å²) < 4.78 is 78.6. The number of aliphatic hydroxyl groups is 1. The maximum absolute atomic E-state index is 15.8. The van der Waals surface area contributed by atoms with E-state index >= 15 is 13.2 Å². The molecule has 44 heavy (non-hydrogen) atoms. The number of halogens is 3. The van der Waals surface area contributed by atoms with Crippen molar-refractivity contribution in [3.05, 3.63) is 53.6 Å². The van der Waals surface area contributed by atoms with Gasteiger partial charge >= 0.3 is 0 Å². The third-order valence-corrected chi connectivity index (χ3v) is 10.2. The number of hydrogen-bond acceptors (Lipinski definition) is 9. The van der Waals surface area contributed by atoms with E-state index in [9.17, 15) is 13.5 Å². The lowest BCUT2D eigenvalue weighted by Crippen LogP contribution is -2.44. The van der Waals surface area contributed by atoms with Crippen LogP contribution in [0.25, 0.3) is 6.08 Å². The Balaban J connectivity index is 1.72. The van der Waals surface area contributed by atoms with Crippen molar-refractivity contribution in [1.29, 1.82) is 0 Å². The largest absolute Gasteiger partial charge is 0.381 e. The fourth-order valence-electron chi connectivity index (χ4n) is 5.99. The lowest BCUT2D eigenvalue weighted by molar-refractivity contribution is -0.0403. The third kappa shape index (κ3) is 8.09. The summed E-state index contributed by atoms with van der Waals surface area (Å²) in [6.07, 6.45) is 4.93. The molecule has 1 aromatic carbocycles. The van der Waals surface area contributed by atoms with Gasteiger partial charge in [-0.15, -0.1) is 0 Å². The molecule has 0 radical (unpaired) electrons. The number of fused-ring (bicyclic) bond motifs is 11. The normalized spacial score (nSPS) is 24.4. The van der Waals surface area contributed by atoms with Gasteiger partial charge in [0.15, 0.2) is 9.84 Å². The molecule has 0 saturated carbocycles. The fraction of sp³-hybridized carbons (Fsp3) is 0.613. The minimum Gasteiger partial charge on any atom is -0.381 e. The molecule has 3 aliphatic heterocycles. The molecule has 5 rings (SSSR count). The van der Waals surface area contributed by atoms with E-state index in [2.05, 4.69) is 26.8 Å². The zero-order valence-corrected chi connectivity index (χ0v) is 26.3. The molecule has 0 spiro atoms. The Morgan fingerprint density at radius 3 is 2.57 bits per heavy atom. The highest BCUT2D eigenvalue weighted by Gasteiger charge is 2.39. The van der Waals surface area contributed by atoms with Gasteiger partial charge in [-0.25, -0.2) is 31.6 Å². The Kier molecular flexibility index (Phi) is 11.7. The quantitative estimate of drug-likeness (QED) is 0.448. The van der Waals surface area contributed by atoms with Gasteiger partial charge in [-0.05, 0) is 58.0 Å². The van der Waals surface area contributed by atoms with Gasteiger partial charge in [-0.3, -0.25) is 0 Å². The first-order valence-corrected chi connectivity index (χ1v) is 17.1. The number of sulfone groups is 1. The molecular weight excluding hydrogens is 595 g/mol. The third-order valence-electron chi connectivity index (χ3n) is 8.36. The second-order valence-corrected chi connectivity index (χ2v) is 13.8. The number of hydrogen-bond donors (Lipinski definition) is 2. The highest BCUT2D eigenvalue weighted by molar-refractivity contribution is 7.91. The fourth-order valence-corrected chi connectivity index (χ4v) is 7.36. The predicted octanol–water partition coefficient (Wildman–Crippen LogP) is 5.34.